The molecule has 92 valence electrons. The van der Waals surface area contributed by atoms with E-state index in [1.165, 1.54) is 0 Å². The second kappa shape index (κ2) is 5.24. The molecule has 0 spiro atoms. The Morgan fingerprint density at radius 3 is 2.94 bits per heavy atom. The van der Waals surface area contributed by atoms with Gasteiger partial charge in [-0.1, -0.05) is 17.7 Å². The van der Waals surface area contributed by atoms with Gasteiger partial charge in [0.2, 0.25) is 0 Å². The number of carbonyl (C=O) groups is 1. The van der Waals surface area contributed by atoms with Crippen molar-refractivity contribution in [3.63, 3.8) is 0 Å². The lowest BCUT2D eigenvalue weighted by Crippen LogP contribution is -2.06. The number of allylic oxidation sites excluding steroid dienone is 1. The van der Waals surface area contributed by atoms with E-state index in [1.54, 1.807) is 6.92 Å². The Kier molecular flexibility index (Phi) is 3.69. The van der Waals surface area contributed by atoms with E-state index in [9.17, 15) is 4.79 Å². The number of esters is 1. The number of rotatable bonds is 2. The van der Waals surface area contributed by atoms with Crippen LogP contribution in [0.3, 0.4) is 0 Å². The highest BCUT2D eigenvalue weighted by molar-refractivity contribution is 6.30. The van der Waals surface area contributed by atoms with Crippen LogP contribution >= 0.6 is 11.6 Å². The van der Waals surface area contributed by atoms with Crippen LogP contribution in [0, 0.1) is 6.57 Å². The van der Waals surface area contributed by atoms with E-state index < -0.39 is 5.97 Å². The first-order valence-electron chi connectivity index (χ1n) is 5.74. The highest BCUT2D eigenvalue weighted by atomic mass is 35.5. The summed E-state index contributed by atoms with van der Waals surface area (Å²) in [5.41, 5.74) is 2.86. The molecule has 0 radical (unpaired) electrons. The molecule has 1 aromatic rings. The van der Waals surface area contributed by atoms with Gasteiger partial charge < -0.3 is 4.74 Å². The largest absolute Gasteiger partial charge is 0.471 e. The van der Waals surface area contributed by atoms with Gasteiger partial charge in [-0.05, 0) is 48.6 Å². The molecule has 0 aliphatic heterocycles. The minimum Gasteiger partial charge on any atom is -0.471 e. The molecule has 0 heterocycles. The minimum absolute atomic E-state index is 0.0814. The van der Waals surface area contributed by atoms with Crippen molar-refractivity contribution in [2.45, 2.75) is 19.8 Å². The molecule has 3 nitrogen and oxygen atoms in total. The van der Waals surface area contributed by atoms with E-state index in [-0.39, 0.29) is 12.3 Å². The summed E-state index contributed by atoms with van der Waals surface area (Å²) in [6.45, 7) is 9.16. The second-order valence-corrected chi connectivity index (χ2v) is 4.40. The quantitative estimate of drug-likeness (QED) is 0.464. The monoisotopic (exact) mass is 261 g/mol. The molecule has 0 fully saturated rings. The van der Waals surface area contributed by atoms with Gasteiger partial charge in [0.1, 0.15) is 0 Å². The molecule has 0 amide bonds. The van der Waals surface area contributed by atoms with Crippen molar-refractivity contribution >= 4 is 23.1 Å². The summed E-state index contributed by atoms with van der Waals surface area (Å²) >= 11 is 5.96. The van der Waals surface area contributed by atoms with Crippen LogP contribution in [0.15, 0.2) is 23.9 Å². The number of carbonyl (C=O) groups excluding carboxylic acids is 1. The summed E-state index contributed by atoms with van der Waals surface area (Å²) in [5, 5.41) is 0.612. The Balaban J connectivity index is 2.50. The van der Waals surface area contributed by atoms with Gasteiger partial charge in [-0.3, -0.25) is 4.79 Å². The smallest absolute Gasteiger partial charge is 0.336 e. The van der Waals surface area contributed by atoms with E-state index in [0.29, 0.717) is 11.4 Å². The van der Waals surface area contributed by atoms with E-state index in [4.69, 9.17) is 22.9 Å². The zero-order valence-electron chi connectivity index (χ0n) is 10.00. The van der Waals surface area contributed by atoms with Gasteiger partial charge in [-0.25, -0.2) is 4.85 Å². The van der Waals surface area contributed by atoms with Gasteiger partial charge in [0.25, 0.3) is 5.70 Å². The van der Waals surface area contributed by atoms with E-state index in [0.717, 1.165) is 23.1 Å². The second-order valence-electron chi connectivity index (χ2n) is 3.96. The molecule has 0 N–H and O–H groups in total. The molecule has 0 aromatic heterocycles. The summed E-state index contributed by atoms with van der Waals surface area (Å²) in [7, 11) is 0. The molecule has 0 saturated carbocycles. The lowest BCUT2D eigenvalue weighted by Gasteiger charge is -2.05. The maximum atomic E-state index is 11.7. The zero-order valence-corrected chi connectivity index (χ0v) is 10.8. The number of fused-ring (bicyclic) bond motifs is 1. The van der Waals surface area contributed by atoms with Gasteiger partial charge in [0, 0.05) is 5.02 Å². The van der Waals surface area contributed by atoms with Crippen molar-refractivity contribution in [3.8, 4) is 0 Å². The van der Waals surface area contributed by atoms with Crippen LogP contribution in [-0.4, -0.2) is 12.6 Å². The van der Waals surface area contributed by atoms with Crippen molar-refractivity contribution in [3.05, 3.63) is 51.5 Å². The Morgan fingerprint density at radius 1 is 1.50 bits per heavy atom. The van der Waals surface area contributed by atoms with E-state index in [1.807, 2.05) is 18.2 Å². The molecule has 0 saturated heterocycles. The number of nitrogens with zero attached hydrogens (tertiary/aromatic N) is 1. The van der Waals surface area contributed by atoms with Gasteiger partial charge in [-0.15, -0.1) is 0 Å². The maximum absolute atomic E-state index is 11.7. The van der Waals surface area contributed by atoms with Crippen LogP contribution in [0.1, 0.15) is 24.5 Å². The topological polar surface area (TPSA) is 30.7 Å². The summed E-state index contributed by atoms with van der Waals surface area (Å²) < 4.78 is 4.91. The third-order valence-corrected chi connectivity index (χ3v) is 3.14. The van der Waals surface area contributed by atoms with Gasteiger partial charge in [0.05, 0.1) is 13.2 Å². The summed E-state index contributed by atoms with van der Waals surface area (Å²) in [6, 6.07) is 5.58. The predicted octanol–water partition coefficient (Wildman–Crippen LogP) is 3.48. The molecule has 0 unspecified atom stereocenters. The Labute approximate surface area is 111 Å². The minimum atomic E-state index is -0.546. The molecule has 1 aliphatic carbocycles. The third kappa shape index (κ3) is 2.25. The predicted molar refractivity (Wildman–Crippen MR) is 69.9 cm³/mol. The fourth-order valence-corrected chi connectivity index (χ4v) is 2.30. The first-order valence-corrected chi connectivity index (χ1v) is 6.11. The SMILES string of the molecule is [C-]#[N+]C(C(=O)OCC)=C1CCc2ccc(Cl)cc21. The summed E-state index contributed by atoms with van der Waals surface area (Å²) in [5.74, 6) is -0.546. The van der Waals surface area contributed by atoms with Crippen molar-refractivity contribution in [2.24, 2.45) is 0 Å². The van der Waals surface area contributed by atoms with Gasteiger partial charge in [-0.2, -0.15) is 0 Å². The molecule has 2 rings (SSSR count). The van der Waals surface area contributed by atoms with Gasteiger partial charge in [0.15, 0.2) is 0 Å². The van der Waals surface area contributed by atoms with Crippen molar-refractivity contribution in [1.29, 1.82) is 0 Å². The number of hydrogen-bond acceptors (Lipinski definition) is 2. The Morgan fingerprint density at radius 2 is 2.28 bits per heavy atom. The van der Waals surface area contributed by atoms with E-state index >= 15 is 0 Å². The highest BCUT2D eigenvalue weighted by Gasteiger charge is 2.24. The lowest BCUT2D eigenvalue weighted by atomic mass is 10.1. The first-order chi connectivity index (χ1) is 8.67. The van der Waals surface area contributed by atoms with Crippen LogP contribution < -0.4 is 0 Å². The molecular formula is C14H12ClNO2. The first kappa shape index (κ1) is 12.7. The number of hydrogen-bond donors (Lipinski definition) is 0. The molecule has 0 bridgehead atoms. The average Bonchev–Trinajstić information content (AvgIpc) is 2.74. The molecule has 18 heavy (non-hydrogen) atoms. The summed E-state index contributed by atoms with van der Waals surface area (Å²) in [6.07, 6.45) is 1.52. The number of ether oxygens (including phenoxy) is 1. The standard InChI is InChI=1S/C14H12ClNO2/c1-3-18-14(17)13(16-2)11-7-5-9-4-6-10(15)8-12(9)11/h4,6,8H,3,5,7H2,1H3. The van der Waals surface area contributed by atoms with E-state index in [2.05, 4.69) is 4.85 Å². The molecule has 1 aromatic carbocycles. The molecule has 0 atom stereocenters. The van der Waals surface area contributed by atoms with Crippen LogP contribution in [0.4, 0.5) is 0 Å². The number of aryl methyl sites for hydroxylation is 1. The molecule has 1 aliphatic rings. The fraction of sp³-hybridized carbons (Fsp3) is 0.286. The zero-order chi connectivity index (χ0) is 13.1. The van der Waals surface area contributed by atoms with Crippen LogP contribution in [0.5, 0.6) is 0 Å². The normalized spacial score (nSPS) is 15.8. The van der Waals surface area contributed by atoms with Crippen molar-refractivity contribution < 1.29 is 9.53 Å². The maximum Gasteiger partial charge on any atom is 0.336 e. The Bertz CT molecular complexity index is 570. The Hall–Kier alpha value is -1.79. The van der Waals surface area contributed by atoms with Crippen LogP contribution in [0.25, 0.3) is 10.4 Å². The lowest BCUT2D eigenvalue weighted by molar-refractivity contribution is -0.138. The van der Waals surface area contributed by atoms with Crippen molar-refractivity contribution in [1.82, 2.24) is 0 Å². The van der Waals surface area contributed by atoms with Crippen LogP contribution in [0.2, 0.25) is 5.02 Å². The summed E-state index contributed by atoms with van der Waals surface area (Å²) in [4.78, 5) is 15.1. The number of halogens is 1. The van der Waals surface area contributed by atoms with Gasteiger partial charge >= 0.3 is 5.97 Å². The number of benzene rings is 1. The average molecular weight is 262 g/mol. The molecule has 4 heteroatoms. The highest BCUT2D eigenvalue weighted by Crippen LogP contribution is 2.36. The third-order valence-electron chi connectivity index (χ3n) is 2.91. The fourth-order valence-electron chi connectivity index (χ4n) is 2.12. The van der Waals surface area contributed by atoms with Crippen molar-refractivity contribution in [2.75, 3.05) is 6.61 Å². The molecular weight excluding hydrogens is 250 g/mol. The van der Waals surface area contributed by atoms with Crippen LogP contribution in [-0.2, 0) is 16.0 Å².